The van der Waals surface area contributed by atoms with E-state index in [0.29, 0.717) is 11.3 Å². The van der Waals surface area contributed by atoms with Crippen molar-refractivity contribution in [2.24, 2.45) is 5.73 Å². The minimum absolute atomic E-state index is 0.606. The number of nitrogen functional groups attached to an aromatic ring is 1. The van der Waals surface area contributed by atoms with E-state index in [1.165, 1.54) is 6.20 Å². The van der Waals surface area contributed by atoms with E-state index in [4.69, 9.17) is 16.7 Å². The Bertz CT molecular complexity index is 450. The largest absolute Gasteiger partial charge is 0.404 e. The van der Waals surface area contributed by atoms with Crippen molar-refractivity contribution in [3.63, 3.8) is 0 Å². The summed E-state index contributed by atoms with van der Waals surface area (Å²) in [5, 5.41) is 8.67. The third-order valence-corrected chi connectivity index (χ3v) is 1.95. The Morgan fingerprint density at radius 1 is 1.47 bits per heavy atom. The second kappa shape index (κ2) is 4.87. The van der Waals surface area contributed by atoms with E-state index in [0.717, 1.165) is 11.1 Å². The quantitative estimate of drug-likeness (QED) is 0.434. The number of benzene rings is 1. The van der Waals surface area contributed by atoms with Crippen molar-refractivity contribution in [2.45, 2.75) is 6.92 Å². The maximum absolute atomic E-state index is 8.67. The summed E-state index contributed by atoms with van der Waals surface area (Å²) in [6, 6.07) is 9.42. The third-order valence-electron chi connectivity index (χ3n) is 1.95. The van der Waals surface area contributed by atoms with Gasteiger partial charge in [-0.15, -0.1) is 0 Å². The lowest BCUT2D eigenvalue weighted by atomic mass is 10.0. The Balaban J connectivity index is 3.11. The van der Waals surface area contributed by atoms with Crippen LogP contribution in [0.1, 0.15) is 12.5 Å². The molecule has 76 valence electrons. The lowest BCUT2D eigenvalue weighted by molar-refractivity contribution is 1.44. The average Bonchev–Trinajstić information content (AvgIpc) is 2.25. The number of hydrogen-bond acceptors (Lipinski definition) is 3. The number of hydrogen-bond donors (Lipinski definition) is 2. The SMILES string of the molecule is C/C(C#N)=C\C(=C/N)c1cccc(N)c1. The van der Waals surface area contributed by atoms with Crippen molar-refractivity contribution in [1.82, 2.24) is 0 Å². The van der Waals surface area contributed by atoms with E-state index < -0.39 is 0 Å². The van der Waals surface area contributed by atoms with Crippen molar-refractivity contribution in [3.05, 3.63) is 47.7 Å². The van der Waals surface area contributed by atoms with Crippen molar-refractivity contribution >= 4 is 11.3 Å². The first-order chi connectivity index (χ1) is 7.17. The Labute approximate surface area is 89.3 Å². The van der Waals surface area contributed by atoms with Crippen LogP contribution in [-0.4, -0.2) is 0 Å². The average molecular weight is 199 g/mol. The van der Waals surface area contributed by atoms with E-state index in [1.807, 2.05) is 24.3 Å². The molecule has 0 spiro atoms. The molecule has 0 fully saturated rings. The Morgan fingerprint density at radius 2 is 2.20 bits per heavy atom. The topological polar surface area (TPSA) is 75.8 Å². The standard InChI is InChI=1S/C12H13N3/c1-9(7-13)5-11(8-14)10-3-2-4-12(15)6-10/h2-6,8H,14-15H2,1H3/b9-5+,11-8+. The van der Waals surface area contributed by atoms with Crippen molar-refractivity contribution in [3.8, 4) is 6.07 Å². The molecule has 0 aromatic heterocycles. The molecule has 1 aromatic carbocycles. The number of rotatable bonds is 2. The number of nitrogens with zero attached hydrogens (tertiary/aromatic N) is 1. The molecule has 1 rings (SSSR count). The van der Waals surface area contributed by atoms with E-state index in [-0.39, 0.29) is 0 Å². The smallest absolute Gasteiger partial charge is 0.0944 e. The van der Waals surface area contributed by atoms with Gasteiger partial charge in [0, 0.05) is 17.5 Å². The van der Waals surface area contributed by atoms with Gasteiger partial charge in [-0.1, -0.05) is 12.1 Å². The number of allylic oxidation sites excluding steroid dienone is 3. The second-order valence-electron chi connectivity index (χ2n) is 3.19. The molecule has 3 nitrogen and oxygen atoms in total. The fraction of sp³-hybridized carbons (Fsp3) is 0.0833. The molecule has 0 aliphatic heterocycles. The zero-order valence-corrected chi connectivity index (χ0v) is 8.57. The second-order valence-corrected chi connectivity index (χ2v) is 3.19. The molecule has 0 radical (unpaired) electrons. The fourth-order valence-corrected chi connectivity index (χ4v) is 1.21. The summed E-state index contributed by atoms with van der Waals surface area (Å²) in [5.41, 5.74) is 14.1. The molecular weight excluding hydrogens is 186 g/mol. The Hall–Kier alpha value is -2.21. The molecule has 0 unspecified atom stereocenters. The van der Waals surface area contributed by atoms with Crippen LogP contribution in [0.3, 0.4) is 0 Å². The summed E-state index contributed by atoms with van der Waals surface area (Å²) in [6.07, 6.45) is 3.20. The number of anilines is 1. The van der Waals surface area contributed by atoms with Crippen LogP contribution in [0.2, 0.25) is 0 Å². The van der Waals surface area contributed by atoms with Crippen molar-refractivity contribution in [2.75, 3.05) is 5.73 Å². The van der Waals surface area contributed by atoms with Gasteiger partial charge in [0.15, 0.2) is 0 Å². The van der Waals surface area contributed by atoms with Crippen molar-refractivity contribution < 1.29 is 0 Å². The molecule has 0 aliphatic rings. The molecule has 15 heavy (non-hydrogen) atoms. The van der Waals surface area contributed by atoms with Gasteiger partial charge in [0.2, 0.25) is 0 Å². The summed E-state index contributed by atoms with van der Waals surface area (Å²) in [6.45, 7) is 1.73. The summed E-state index contributed by atoms with van der Waals surface area (Å²) in [4.78, 5) is 0. The van der Waals surface area contributed by atoms with E-state index in [1.54, 1.807) is 19.1 Å². The van der Waals surface area contributed by atoms with Crippen LogP contribution >= 0.6 is 0 Å². The lowest BCUT2D eigenvalue weighted by Crippen LogP contribution is -1.90. The van der Waals surface area contributed by atoms with Crippen LogP contribution in [0.4, 0.5) is 5.69 Å². The first-order valence-corrected chi connectivity index (χ1v) is 4.53. The molecule has 0 bridgehead atoms. The predicted octanol–water partition coefficient (Wildman–Crippen LogP) is 2.04. The fourth-order valence-electron chi connectivity index (χ4n) is 1.21. The van der Waals surface area contributed by atoms with Crippen LogP contribution in [0.5, 0.6) is 0 Å². The molecule has 3 heteroatoms. The van der Waals surface area contributed by atoms with Crippen molar-refractivity contribution in [1.29, 1.82) is 5.26 Å². The van der Waals surface area contributed by atoms with Gasteiger partial charge in [0.05, 0.1) is 6.07 Å². The van der Waals surface area contributed by atoms with Crippen LogP contribution in [-0.2, 0) is 0 Å². The maximum atomic E-state index is 8.67. The van der Waals surface area contributed by atoms with Gasteiger partial charge in [0.25, 0.3) is 0 Å². The van der Waals surface area contributed by atoms with E-state index in [9.17, 15) is 0 Å². The molecule has 1 aromatic rings. The molecule has 0 amide bonds. The third kappa shape index (κ3) is 2.89. The number of nitriles is 1. The maximum Gasteiger partial charge on any atom is 0.0944 e. The van der Waals surface area contributed by atoms with Crippen LogP contribution in [0, 0.1) is 11.3 Å². The highest BCUT2D eigenvalue weighted by atomic mass is 14.5. The molecule has 0 heterocycles. The Morgan fingerprint density at radius 3 is 2.73 bits per heavy atom. The first-order valence-electron chi connectivity index (χ1n) is 4.53. The van der Waals surface area contributed by atoms with Gasteiger partial charge in [-0.25, -0.2) is 0 Å². The summed E-state index contributed by atoms with van der Waals surface area (Å²) >= 11 is 0. The van der Waals surface area contributed by atoms with Crippen LogP contribution in [0.25, 0.3) is 5.57 Å². The van der Waals surface area contributed by atoms with Crippen LogP contribution < -0.4 is 11.5 Å². The molecule has 0 aliphatic carbocycles. The van der Waals surface area contributed by atoms with Gasteiger partial charge in [-0.3, -0.25) is 0 Å². The summed E-state index contributed by atoms with van der Waals surface area (Å²) in [5.74, 6) is 0. The predicted molar refractivity (Wildman–Crippen MR) is 62.4 cm³/mol. The first kappa shape index (κ1) is 10.9. The summed E-state index contributed by atoms with van der Waals surface area (Å²) < 4.78 is 0. The molecule has 0 saturated heterocycles. The van der Waals surface area contributed by atoms with Gasteiger partial charge in [-0.2, -0.15) is 5.26 Å². The lowest BCUT2D eigenvalue weighted by Gasteiger charge is -2.03. The minimum Gasteiger partial charge on any atom is -0.404 e. The molecule has 4 N–H and O–H groups in total. The van der Waals surface area contributed by atoms with Crippen LogP contribution in [0.15, 0.2) is 42.1 Å². The molecule has 0 saturated carbocycles. The number of nitrogens with two attached hydrogens (primary N) is 2. The van der Waals surface area contributed by atoms with E-state index in [2.05, 4.69) is 0 Å². The zero-order chi connectivity index (χ0) is 11.3. The van der Waals surface area contributed by atoms with Gasteiger partial charge >= 0.3 is 0 Å². The van der Waals surface area contributed by atoms with Gasteiger partial charge in [0.1, 0.15) is 0 Å². The monoisotopic (exact) mass is 199 g/mol. The molecule has 0 atom stereocenters. The van der Waals surface area contributed by atoms with Gasteiger partial charge < -0.3 is 11.5 Å². The highest BCUT2D eigenvalue weighted by Gasteiger charge is 1.99. The van der Waals surface area contributed by atoms with E-state index >= 15 is 0 Å². The Kier molecular flexibility index (Phi) is 3.53. The normalized spacial score (nSPS) is 12.3. The minimum atomic E-state index is 0.606. The highest BCUT2D eigenvalue weighted by molar-refractivity contribution is 5.76. The van der Waals surface area contributed by atoms with Gasteiger partial charge in [-0.05, 0) is 36.3 Å². The molecular formula is C12H13N3. The zero-order valence-electron chi connectivity index (χ0n) is 8.57. The summed E-state index contributed by atoms with van der Waals surface area (Å²) in [7, 11) is 0. The highest BCUT2D eigenvalue weighted by Crippen LogP contribution is 2.18.